The summed E-state index contributed by atoms with van der Waals surface area (Å²) in [7, 11) is 0. The van der Waals surface area contributed by atoms with Crippen molar-refractivity contribution in [2.24, 2.45) is 5.73 Å². The third kappa shape index (κ3) is 2.11. The van der Waals surface area contributed by atoms with Crippen LogP contribution in [0, 0.1) is 11.3 Å². The van der Waals surface area contributed by atoms with E-state index in [4.69, 9.17) is 22.4 Å². The number of hydrogen-bond acceptors (Lipinski definition) is 5. The van der Waals surface area contributed by atoms with Crippen molar-refractivity contribution in [2.45, 2.75) is 6.04 Å². The Morgan fingerprint density at radius 2 is 2.14 bits per heavy atom. The minimum absolute atomic E-state index is 0.138. The van der Waals surface area contributed by atoms with Crippen LogP contribution in [-0.4, -0.2) is 5.11 Å². The molecule has 6 nitrogen and oxygen atoms in total. The summed E-state index contributed by atoms with van der Waals surface area (Å²) in [4.78, 5) is 12.6. The van der Waals surface area contributed by atoms with Crippen LogP contribution in [0.3, 0.4) is 0 Å². The van der Waals surface area contributed by atoms with Gasteiger partial charge in [0, 0.05) is 0 Å². The van der Waals surface area contributed by atoms with E-state index in [1.54, 1.807) is 24.3 Å². The Hall–Kier alpha value is -2.85. The second kappa shape index (κ2) is 4.92. The lowest BCUT2D eigenvalue weighted by Crippen LogP contribution is -2.46. The average Bonchev–Trinajstić information content (AvgIpc) is 2.47. The quantitative estimate of drug-likeness (QED) is 0.675. The van der Waals surface area contributed by atoms with Crippen molar-refractivity contribution in [3.05, 3.63) is 57.7 Å². The van der Waals surface area contributed by atoms with Gasteiger partial charge in [-0.05, 0) is 24.4 Å². The molecule has 0 bridgehead atoms. The van der Waals surface area contributed by atoms with Crippen LogP contribution in [0.2, 0.25) is 0 Å². The maximum atomic E-state index is 12.6. The van der Waals surface area contributed by atoms with Gasteiger partial charge in [-0.3, -0.25) is 4.79 Å². The summed E-state index contributed by atoms with van der Waals surface area (Å²) in [6, 6.07) is 8.17. The van der Waals surface area contributed by atoms with E-state index >= 15 is 0 Å². The predicted octanol–water partition coefficient (Wildman–Crippen LogP) is 1.01. The van der Waals surface area contributed by atoms with Gasteiger partial charge in [-0.15, -0.1) is 0 Å². The molecule has 1 aliphatic heterocycles. The number of thiocarbonyl (C=S) groups is 1. The van der Waals surface area contributed by atoms with E-state index in [9.17, 15) is 10.1 Å². The van der Waals surface area contributed by atoms with Crippen LogP contribution in [0.4, 0.5) is 0 Å². The van der Waals surface area contributed by atoms with Crippen molar-refractivity contribution in [1.82, 2.24) is 10.6 Å². The third-order valence-corrected chi connectivity index (χ3v) is 3.46. The minimum atomic E-state index is -0.718. The Bertz CT molecular complexity index is 878. The van der Waals surface area contributed by atoms with E-state index in [1.807, 2.05) is 6.07 Å². The number of fused-ring (bicyclic) bond motifs is 1. The van der Waals surface area contributed by atoms with Crippen molar-refractivity contribution < 1.29 is 4.42 Å². The number of benzene rings is 1. The molecule has 7 heteroatoms. The van der Waals surface area contributed by atoms with E-state index in [1.165, 1.54) is 6.26 Å². The van der Waals surface area contributed by atoms with Gasteiger partial charge in [-0.25, -0.2) is 0 Å². The second-order valence-corrected chi connectivity index (χ2v) is 4.90. The molecule has 4 N–H and O–H groups in total. The summed E-state index contributed by atoms with van der Waals surface area (Å²) >= 11 is 5.02. The fraction of sp³-hybridized carbons (Fsp3) is 0.0714. The van der Waals surface area contributed by atoms with Crippen molar-refractivity contribution in [2.75, 3.05) is 0 Å². The molecule has 0 spiro atoms. The van der Waals surface area contributed by atoms with Gasteiger partial charge in [0.25, 0.3) is 0 Å². The van der Waals surface area contributed by atoms with Crippen LogP contribution in [0.15, 0.2) is 51.1 Å². The first-order valence-electron chi connectivity index (χ1n) is 6.09. The summed E-state index contributed by atoms with van der Waals surface area (Å²) in [5, 5.41) is 15.5. The number of rotatable bonds is 1. The van der Waals surface area contributed by atoms with E-state index in [-0.39, 0.29) is 27.5 Å². The molecule has 1 aromatic carbocycles. The summed E-state index contributed by atoms with van der Waals surface area (Å²) in [6.45, 7) is 0. The molecule has 21 heavy (non-hydrogen) atoms. The van der Waals surface area contributed by atoms with Gasteiger partial charge in [0.15, 0.2) is 10.5 Å². The Morgan fingerprint density at radius 3 is 2.90 bits per heavy atom. The maximum absolute atomic E-state index is 12.6. The number of nitriles is 1. The van der Waals surface area contributed by atoms with Crippen LogP contribution in [0.25, 0.3) is 11.0 Å². The normalized spacial score (nSPS) is 18.0. The molecule has 1 aliphatic rings. The molecular weight excluding hydrogens is 288 g/mol. The molecule has 0 saturated heterocycles. The van der Waals surface area contributed by atoms with E-state index < -0.39 is 6.04 Å². The number of nitrogens with one attached hydrogen (secondary N) is 2. The van der Waals surface area contributed by atoms with Crippen LogP contribution in [0.5, 0.6) is 0 Å². The van der Waals surface area contributed by atoms with Crippen LogP contribution < -0.4 is 21.8 Å². The first-order chi connectivity index (χ1) is 10.1. The summed E-state index contributed by atoms with van der Waals surface area (Å²) < 4.78 is 5.46. The van der Waals surface area contributed by atoms with Crippen LogP contribution in [0.1, 0.15) is 11.6 Å². The second-order valence-electron chi connectivity index (χ2n) is 4.49. The molecule has 0 amide bonds. The van der Waals surface area contributed by atoms with Crippen molar-refractivity contribution in [3.63, 3.8) is 0 Å². The summed E-state index contributed by atoms with van der Waals surface area (Å²) in [5.41, 5.74) is 6.51. The number of hydrogen-bond donors (Lipinski definition) is 3. The van der Waals surface area contributed by atoms with Gasteiger partial charge in [0.05, 0.1) is 22.6 Å². The monoisotopic (exact) mass is 298 g/mol. The average molecular weight is 298 g/mol. The van der Waals surface area contributed by atoms with E-state index in [2.05, 4.69) is 10.6 Å². The zero-order chi connectivity index (χ0) is 15.0. The van der Waals surface area contributed by atoms with Gasteiger partial charge >= 0.3 is 0 Å². The smallest absolute Gasteiger partial charge is 0.198 e. The molecule has 0 radical (unpaired) electrons. The van der Waals surface area contributed by atoms with Gasteiger partial charge in [-0.2, -0.15) is 5.26 Å². The lowest BCUT2D eigenvalue weighted by molar-refractivity contribution is 0.576. The fourth-order valence-electron chi connectivity index (χ4n) is 2.23. The van der Waals surface area contributed by atoms with Crippen molar-refractivity contribution in [3.8, 4) is 6.07 Å². The maximum Gasteiger partial charge on any atom is 0.198 e. The molecule has 104 valence electrons. The highest BCUT2D eigenvalue weighted by molar-refractivity contribution is 7.80. The molecule has 1 atom stereocenters. The lowest BCUT2D eigenvalue weighted by atomic mass is 9.98. The highest BCUT2D eigenvalue weighted by Gasteiger charge is 2.28. The van der Waals surface area contributed by atoms with Gasteiger partial charge in [0.1, 0.15) is 23.7 Å². The molecule has 1 aromatic heterocycles. The minimum Gasteiger partial charge on any atom is -0.464 e. The van der Waals surface area contributed by atoms with E-state index in [0.717, 1.165) is 0 Å². The predicted molar refractivity (Wildman–Crippen MR) is 80.9 cm³/mol. The number of nitrogens with zero attached hydrogens (tertiary/aromatic N) is 1. The Kier molecular flexibility index (Phi) is 3.08. The zero-order valence-electron chi connectivity index (χ0n) is 10.7. The van der Waals surface area contributed by atoms with E-state index in [0.29, 0.717) is 11.0 Å². The standard InChI is InChI=1S/C14H10N4O2S/c15-5-8-11(17-14(21)18-13(8)16)9-6-20-10-4-2-1-3-7(10)12(9)19/h1-4,6,11H,16H2,(H2,17,18,21). The van der Waals surface area contributed by atoms with Gasteiger partial charge in [-0.1, -0.05) is 12.1 Å². The molecule has 0 saturated carbocycles. The van der Waals surface area contributed by atoms with Crippen LogP contribution in [-0.2, 0) is 0 Å². The SMILES string of the molecule is N#CC1=C(N)NC(=S)NC1c1coc2ccccc2c1=O. The highest BCUT2D eigenvalue weighted by Crippen LogP contribution is 2.24. The molecule has 3 rings (SSSR count). The van der Waals surface area contributed by atoms with Crippen molar-refractivity contribution in [1.29, 1.82) is 5.26 Å². The third-order valence-electron chi connectivity index (χ3n) is 3.24. The lowest BCUT2D eigenvalue weighted by Gasteiger charge is -2.26. The van der Waals surface area contributed by atoms with Crippen LogP contribution >= 0.6 is 12.2 Å². The number of nitrogens with two attached hydrogens (primary N) is 1. The Balaban J connectivity index is 2.23. The van der Waals surface area contributed by atoms with Gasteiger partial charge < -0.3 is 20.8 Å². The van der Waals surface area contributed by atoms with Gasteiger partial charge in [0.2, 0.25) is 0 Å². The molecule has 0 aliphatic carbocycles. The molecule has 2 heterocycles. The topological polar surface area (TPSA) is 104 Å². The molecule has 0 fully saturated rings. The Morgan fingerprint density at radius 1 is 1.38 bits per heavy atom. The molecular formula is C14H10N4O2S. The first kappa shape index (κ1) is 13.1. The largest absolute Gasteiger partial charge is 0.464 e. The zero-order valence-corrected chi connectivity index (χ0v) is 11.5. The summed E-state index contributed by atoms with van der Waals surface area (Å²) in [5.74, 6) is 0.138. The highest BCUT2D eigenvalue weighted by atomic mass is 32.1. The Labute approximate surface area is 124 Å². The van der Waals surface area contributed by atoms with Crippen molar-refractivity contribution >= 4 is 28.3 Å². The fourth-order valence-corrected chi connectivity index (χ4v) is 2.46. The number of para-hydroxylation sites is 1. The first-order valence-corrected chi connectivity index (χ1v) is 6.50. The summed E-state index contributed by atoms with van der Waals surface area (Å²) in [6.07, 6.45) is 1.33. The molecule has 1 unspecified atom stereocenters. The molecule has 2 aromatic rings.